The molecule has 1 aliphatic rings. The van der Waals surface area contributed by atoms with Crippen LogP contribution in [-0.2, 0) is 11.3 Å². The summed E-state index contributed by atoms with van der Waals surface area (Å²) in [4.78, 5) is 15.7. The molecule has 12 heteroatoms. The number of aromatic nitrogens is 7. The zero-order valence-corrected chi connectivity index (χ0v) is 20.6. The molecule has 3 N–H and O–H groups in total. The van der Waals surface area contributed by atoms with E-state index in [1.54, 1.807) is 4.68 Å². The van der Waals surface area contributed by atoms with E-state index in [2.05, 4.69) is 33.8 Å². The zero-order valence-electron chi connectivity index (χ0n) is 20.6. The average Bonchev–Trinajstić information content (AvgIpc) is 3.39. The Hall–Kier alpha value is -4.32. The number of hydrogen-bond acceptors (Lipinski definition) is 9. The van der Waals surface area contributed by atoms with E-state index < -0.39 is 5.82 Å². The predicted molar refractivity (Wildman–Crippen MR) is 136 cm³/mol. The maximum absolute atomic E-state index is 14.1. The van der Waals surface area contributed by atoms with E-state index in [9.17, 15) is 9.50 Å². The molecule has 5 heterocycles. The summed E-state index contributed by atoms with van der Waals surface area (Å²) in [6, 6.07) is 5.74. The summed E-state index contributed by atoms with van der Waals surface area (Å²) in [5.74, 6) is 0.729. The highest BCUT2D eigenvalue weighted by Gasteiger charge is 2.27. The summed E-state index contributed by atoms with van der Waals surface area (Å²) in [5.41, 5.74) is 9.37. The first-order valence-electron chi connectivity index (χ1n) is 12.0. The Morgan fingerprint density at radius 1 is 1.14 bits per heavy atom. The number of morpholine rings is 1. The molecular formula is C25H26FN9O2. The third-order valence-corrected chi connectivity index (χ3v) is 6.46. The molecule has 2 atom stereocenters. The van der Waals surface area contributed by atoms with Gasteiger partial charge in [-0.05, 0) is 44.5 Å². The summed E-state index contributed by atoms with van der Waals surface area (Å²) >= 11 is 0. The zero-order chi connectivity index (χ0) is 25.8. The first-order valence-corrected chi connectivity index (χ1v) is 12.0. The standard InChI is InChI=1S/C25H26FN9O2/c1-13-4-5-34-22(13)25(33-9-14(2)37-15(3)10-33)30-19(31-34)11-35-24-20(23(27)28-12-29-24)21(32-35)16-6-17(26)8-18(36)7-16/h4-8,12,14-15,36H,9-11H2,1-3H3,(H2,27,28,29)/t14-,15+. The molecule has 4 aromatic heterocycles. The molecule has 1 aromatic carbocycles. The normalized spacial score (nSPS) is 18.2. The minimum absolute atomic E-state index is 0.0671. The van der Waals surface area contributed by atoms with Gasteiger partial charge in [-0.15, -0.1) is 0 Å². The van der Waals surface area contributed by atoms with Crippen LogP contribution in [0.4, 0.5) is 16.0 Å². The second kappa shape index (κ2) is 8.66. The molecule has 0 unspecified atom stereocenters. The van der Waals surface area contributed by atoms with Crippen molar-refractivity contribution in [2.45, 2.75) is 39.5 Å². The van der Waals surface area contributed by atoms with Crippen molar-refractivity contribution in [3.63, 3.8) is 0 Å². The van der Waals surface area contributed by atoms with Crippen molar-refractivity contribution in [3.8, 4) is 17.0 Å². The van der Waals surface area contributed by atoms with Crippen LogP contribution in [0.1, 0.15) is 25.2 Å². The smallest absolute Gasteiger partial charge is 0.173 e. The van der Waals surface area contributed by atoms with E-state index >= 15 is 0 Å². The number of hydrogen-bond donors (Lipinski definition) is 2. The number of ether oxygens (including phenoxy) is 1. The molecule has 6 rings (SSSR count). The van der Waals surface area contributed by atoms with Crippen LogP contribution in [-0.4, -0.2) is 64.8 Å². The number of phenolic OH excluding ortho intramolecular Hbond substituents is 1. The lowest BCUT2D eigenvalue weighted by Crippen LogP contribution is -2.46. The van der Waals surface area contributed by atoms with Crippen molar-refractivity contribution in [3.05, 3.63) is 54.0 Å². The number of aryl methyl sites for hydroxylation is 1. The predicted octanol–water partition coefficient (Wildman–Crippen LogP) is 2.93. The van der Waals surface area contributed by atoms with Crippen molar-refractivity contribution < 1.29 is 14.2 Å². The quantitative estimate of drug-likeness (QED) is 0.380. The summed E-state index contributed by atoms with van der Waals surface area (Å²) in [5, 5.41) is 19.8. The molecule has 0 aliphatic carbocycles. The number of nitrogen functional groups attached to an aromatic ring is 1. The van der Waals surface area contributed by atoms with Crippen molar-refractivity contribution in [1.29, 1.82) is 0 Å². The minimum Gasteiger partial charge on any atom is -0.508 e. The Morgan fingerprint density at radius 3 is 2.68 bits per heavy atom. The third kappa shape index (κ3) is 4.08. The summed E-state index contributed by atoms with van der Waals surface area (Å²) < 4.78 is 23.5. The largest absolute Gasteiger partial charge is 0.508 e. The topological polar surface area (TPSA) is 133 Å². The highest BCUT2D eigenvalue weighted by molar-refractivity contribution is 5.98. The van der Waals surface area contributed by atoms with E-state index in [4.69, 9.17) is 20.6 Å². The SMILES string of the molecule is Cc1ccn2nc(Cn3nc(-c4cc(O)cc(F)c4)c4c(N)ncnc43)nc(N3C[C@@H](C)O[C@@H](C)C3)c12. The summed E-state index contributed by atoms with van der Waals surface area (Å²) in [7, 11) is 0. The van der Waals surface area contributed by atoms with Crippen LogP contribution in [0.3, 0.4) is 0 Å². The first-order chi connectivity index (χ1) is 17.8. The van der Waals surface area contributed by atoms with E-state index in [0.29, 0.717) is 41.2 Å². The Labute approximate surface area is 211 Å². The fourth-order valence-corrected chi connectivity index (χ4v) is 5.03. The number of phenols is 1. The molecule has 37 heavy (non-hydrogen) atoms. The van der Waals surface area contributed by atoms with Gasteiger partial charge in [0, 0.05) is 30.9 Å². The molecule has 11 nitrogen and oxygen atoms in total. The van der Waals surface area contributed by atoms with Gasteiger partial charge in [-0.2, -0.15) is 10.2 Å². The summed E-state index contributed by atoms with van der Waals surface area (Å²) in [6.45, 7) is 7.75. The number of fused-ring (bicyclic) bond motifs is 2. The van der Waals surface area contributed by atoms with Crippen LogP contribution in [0.5, 0.6) is 5.75 Å². The fourth-order valence-electron chi connectivity index (χ4n) is 5.03. The first kappa shape index (κ1) is 23.1. The Morgan fingerprint density at radius 2 is 1.92 bits per heavy atom. The van der Waals surface area contributed by atoms with Gasteiger partial charge < -0.3 is 20.5 Å². The van der Waals surface area contributed by atoms with E-state index in [-0.39, 0.29) is 30.3 Å². The van der Waals surface area contributed by atoms with E-state index in [1.165, 1.54) is 18.5 Å². The molecule has 0 saturated carbocycles. The van der Waals surface area contributed by atoms with Crippen molar-refractivity contribution in [2.24, 2.45) is 0 Å². The van der Waals surface area contributed by atoms with Gasteiger partial charge >= 0.3 is 0 Å². The summed E-state index contributed by atoms with van der Waals surface area (Å²) in [6.07, 6.45) is 3.40. The molecule has 0 spiro atoms. The number of anilines is 2. The van der Waals surface area contributed by atoms with Gasteiger partial charge in [0.2, 0.25) is 0 Å². The molecule has 190 valence electrons. The number of aromatic hydroxyl groups is 1. The monoisotopic (exact) mass is 503 g/mol. The molecule has 1 saturated heterocycles. The number of nitrogens with two attached hydrogens (primary N) is 1. The Kier molecular flexibility index (Phi) is 5.41. The molecule has 0 bridgehead atoms. The van der Waals surface area contributed by atoms with Crippen LogP contribution in [0.2, 0.25) is 0 Å². The minimum atomic E-state index is -0.594. The maximum atomic E-state index is 14.1. The lowest BCUT2D eigenvalue weighted by atomic mass is 10.1. The van der Waals surface area contributed by atoms with Crippen LogP contribution in [0.25, 0.3) is 27.8 Å². The van der Waals surface area contributed by atoms with Gasteiger partial charge in [-0.25, -0.2) is 28.5 Å². The highest BCUT2D eigenvalue weighted by atomic mass is 19.1. The van der Waals surface area contributed by atoms with Crippen molar-refractivity contribution in [1.82, 2.24) is 34.3 Å². The number of benzene rings is 1. The van der Waals surface area contributed by atoms with E-state index in [1.807, 2.05) is 23.7 Å². The van der Waals surface area contributed by atoms with Crippen LogP contribution in [0.15, 0.2) is 36.8 Å². The van der Waals surface area contributed by atoms with Gasteiger partial charge in [0.25, 0.3) is 0 Å². The molecule has 5 aromatic rings. The third-order valence-electron chi connectivity index (χ3n) is 6.46. The van der Waals surface area contributed by atoms with Gasteiger partial charge in [0.15, 0.2) is 17.3 Å². The highest BCUT2D eigenvalue weighted by Crippen LogP contribution is 2.33. The average molecular weight is 504 g/mol. The van der Waals surface area contributed by atoms with Gasteiger partial charge in [-0.3, -0.25) is 0 Å². The molecule has 0 amide bonds. The van der Waals surface area contributed by atoms with Crippen molar-refractivity contribution in [2.75, 3.05) is 23.7 Å². The van der Waals surface area contributed by atoms with Gasteiger partial charge in [-0.1, -0.05) is 0 Å². The lowest BCUT2D eigenvalue weighted by Gasteiger charge is -2.36. The molecule has 0 radical (unpaired) electrons. The van der Waals surface area contributed by atoms with Crippen LogP contribution < -0.4 is 10.6 Å². The second-order valence-electron chi connectivity index (χ2n) is 9.47. The number of halogens is 1. The Bertz CT molecular complexity index is 1620. The Balaban J connectivity index is 1.48. The van der Waals surface area contributed by atoms with E-state index in [0.717, 1.165) is 23.0 Å². The molecule has 1 aliphatic heterocycles. The molecular weight excluding hydrogens is 477 g/mol. The molecule has 1 fully saturated rings. The maximum Gasteiger partial charge on any atom is 0.173 e. The van der Waals surface area contributed by atoms with Gasteiger partial charge in [0.05, 0.1) is 17.6 Å². The second-order valence-corrected chi connectivity index (χ2v) is 9.47. The fraction of sp³-hybridized carbons (Fsp3) is 0.320. The van der Waals surface area contributed by atoms with Crippen LogP contribution >= 0.6 is 0 Å². The lowest BCUT2D eigenvalue weighted by molar-refractivity contribution is -0.00541. The number of rotatable bonds is 4. The van der Waals surface area contributed by atoms with Crippen LogP contribution in [0, 0.1) is 12.7 Å². The van der Waals surface area contributed by atoms with Crippen molar-refractivity contribution >= 4 is 28.2 Å². The number of nitrogens with zero attached hydrogens (tertiary/aromatic N) is 8. The van der Waals surface area contributed by atoms with Gasteiger partial charge in [0.1, 0.15) is 41.5 Å².